The zero-order valence-corrected chi connectivity index (χ0v) is 33.5. The van der Waals surface area contributed by atoms with Gasteiger partial charge in [0, 0.05) is 0 Å². The molecule has 0 saturated heterocycles. The fraction of sp³-hybridized carbons (Fsp3) is 0.581. The molecule has 3 rings (SSSR count). The summed E-state index contributed by atoms with van der Waals surface area (Å²) in [4.78, 5) is 33.7. The zero-order valence-electron chi connectivity index (χ0n) is 32.5. The third-order valence-electron chi connectivity index (χ3n) is 12.3. The minimum atomic E-state index is -4.78. The molecular weight excluding hydrogens is 595 g/mol. The summed E-state index contributed by atoms with van der Waals surface area (Å²) >= 11 is 0. The Kier molecular flexibility index (Phi) is 11.5. The maximum absolute atomic E-state index is 11.2. The summed E-state index contributed by atoms with van der Waals surface area (Å²) in [5.41, 5.74) is 9.44. The monoisotopic (exact) mass is 662 g/mol. The molecule has 0 aromatic heterocycles. The van der Waals surface area contributed by atoms with E-state index in [1.807, 2.05) is 6.07 Å². The van der Waals surface area contributed by atoms with Gasteiger partial charge in [0.1, 0.15) is 0 Å². The average molecular weight is 663 g/mol. The van der Waals surface area contributed by atoms with Gasteiger partial charge in [-0.3, -0.25) is 0 Å². The van der Waals surface area contributed by atoms with Gasteiger partial charge in [-0.2, -0.15) is 0 Å². The van der Waals surface area contributed by atoms with Gasteiger partial charge in [0.25, 0.3) is 0 Å². The molecular formula is C43H67O3P. The van der Waals surface area contributed by atoms with Crippen molar-refractivity contribution in [1.82, 2.24) is 0 Å². The van der Waals surface area contributed by atoms with Crippen molar-refractivity contribution in [2.75, 3.05) is 0 Å². The van der Waals surface area contributed by atoms with E-state index in [0.717, 1.165) is 59.9 Å². The van der Waals surface area contributed by atoms with Crippen molar-refractivity contribution in [3.8, 4) is 22.3 Å². The molecule has 0 aliphatic carbocycles. The molecule has 3 nitrogen and oxygen atoms in total. The van der Waals surface area contributed by atoms with E-state index in [-0.39, 0.29) is 32.4 Å². The predicted octanol–water partition coefficient (Wildman–Crippen LogP) is 11.6. The van der Waals surface area contributed by atoms with E-state index in [1.165, 1.54) is 22.3 Å². The molecule has 0 radical (unpaired) electrons. The van der Waals surface area contributed by atoms with Gasteiger partial charge >= 0.3 is 290 Å². The third kappa shape index (κ3) is 7.75. The van der Waals surface area contributed by atoms with E-state index in [2.05, 4.69) is 140 Å². The second-order valence-corrected chi connectivity index (χ2v) is 19.1. The number of hydrogen-bond donors (Lipinski definition) is 3. The molecule has 0 amide bonds. The molecule has 0 spiro atoms. The molecule has 4 heteroatoms. The van der Waals surface area contributed by atoms with Gasteiger partial charge in [0.15, 0.2) is 0 Å². The standard InChI is InChI=1S/C43H67O3P/c1-16-39(6,7)29-21-23-31(34(27-29)42(12,13)19-4)37-33(41(10,11)18-3)25-26-36(47(44,45)46)38(37)32-24-22-30(40(8,9)17-2)28-35(32)43(14,15)20-5/h21-28,44-47H,16-20H2,1-15H3. The fourth-order valence-corrected chi connectivity index (χ4v) is 7.37. The van der Waals surface area contributed by atoms with Crippen LogP contribution in [0.2, 0.25) is 0 Å². The summed E-state index contributed by atoms with van der Waals surface area (Å²) in [5.74, 6) is 0. The van der Waals surface area contributed by atoms with E-state index in [1.54, 1.807) is 6.07 Å². The van der Waals surface area contributed by atoms with Crippen LogP contribution in [-0.4, -0.2) is 14.7 Å². The molecule has 3 N–H and O–H groups in total. The van der Waals surface area contributed by atoms with Crippen LogP contribution in [0.3, 0.4) is 0 Å². The van der Waals surface area contributed by atoms with Crippen LogP contribution in [0.5, 0.6) is 0 Å². The van der Waals surface area contributed by atoms with E-state index >= 15 is 0 Å². The van der Waals surface area contributed by atoms with Crippen LogP contribution in [0.1, 0.15) is 164 Å². The van der Waals surface area contributed by atoms with Gasteiger partial charge in [-0.25, -0.2) is 0 Å². The molecule has 3 aromatic carbocycles. The van der Waals surface area contributed by atoms with Crippen molar-refractivity contribution >= 4 is 13.2 Å². The van der Waals surface area contributed by atoms with Gasteiger partial charge in [-0.1, -0.05) is 0 Å². The normalized spacial score (nSPS) is 14.1. The van der Waals surface area contributed by atoms with E-state index in [0.29, 0.717) is 0 Å². The van der Waals surface area contributed by atoms with Crippen LogP contribution >= 0.6 is 7.94 Å². The Morgan fingerprint density at radius 1 is 0.426 bits per heavy atom. The SMILES string of the molecule is CCC(C)(C)c1ccc(-c2c(C(C)(C)CC)ccc([PH](O)(O)O)c2-c2ccc(C(C)(C)CC)cc2C(C)(C)CC)c(C(C)(C)CC)c1. The first-order valence-electron chi connectivity index (χ1n) is 18.1. The summed E-state index contributed by atoms with van der Waals surface area (Å²) in [7, 11) is -4.78. The Balaban J connectivity index is 2.77. The Labute approximate surface area is 288 Å². The molecule has 47 heavy (non-hydrogen) atoms. The minimum absolute atomic E-state index is 0.0108. The maximum atomic E-state index is 11.2. The first-order valence-corrected chi connectivity index (χ1v) is 20.0. The first kappa shape index (κ1) is 39.4. The molecule has 0 aliphatic rings. The fourth-order valence-electron chi connectivity index (χ4n) is 6.47. The molecule has 0 atom stereocenters. The second kappa shape index (κ2) is 13.7. The Morgan fingerprint density at radius 3 is 1.11 bits per heavy atom. The summed E-state index contributed by atoms with van der Waals surface area (Å²) in [5, 5.41) is 0.247. The molecule has 0 unspecified atom stereocenters. The van der Waals surface area contributed by atoms with Crippen molar-refractivity contribution in [2.24, 2.45) is 0 Å². The third-order valence-corrected chi connectivity index (χ3v) is 13.5. The predicted molar refractivity (Wildman–Crippen MR) is 209 cm³/mol. The van der Waals surface area contributed by atoms with Gasteiger partial charge in [0.05, 0.1) is 0 Å². The van der Waals surface area contributed by atoms with Gasteiger partial charge < -0.3 is 0 Å². The number of hydrogen-bond acceptors (Lipinski definition) is 3. The summed E-state index contributed by atoms with van der Waals surface area (Å²) in [6.07, 6.45) is 4.80. The molecule has 262 valence electrons. The average Bonchev–Trinajstić information content (AvgIpc) is 3.02. The molecule has 3 aromatic rings. The van der Waals surface area contributed by atoms with Crippen molar-refractivity contribution < 1.29 is 14.7 Å². The van der Waals surface area contributed by atoms with Crippen LogP contribution in [0.15, 0.2) is 48.5 Å². The Bertz CT molecular complexity index is 1570. The molecule has 0 saturated carbocycles. The van der Waals surface area contributed by atoms with E-state index in [9.17, 15) is 14.7 Å². The van der Waals surface area contributed by atoms with Crippen molar-refractivity contribution in [2.45, 2.75) is 163 Å². The zero-order chi connectivity index (χ0) is 36.0. The van der Waals surface area contributed by atoms with Crippen LogP contribution in [0, 0.1) is 0 Å². The Morgan fingerprint density at radius 2 is 0.766 bits per heavy atom. The van der Waals surface area contributed by atoms with Crippen molar-refractivity contribution in [3.05, 3.63) is 76.3 Å². The van der Waals surface area contributed by atoms with E-state index < -0.39 is 7.94 Å². The number of benzene rings is 3. The molecule has 0 fully saturated rings. The van der Waals surface area contributed by atoms with Crippen molar-refractivity contribution in [1.29, 1.82) is 0 Å². The second-order valence-electron chi connectivity index (χ2n) is 17.3. The molecule has 0 heterocycles. The van der Waals surface area contributed by atoms with Crippen LogP contribution in [-0.2, 0) is 27.1 Å². The quantitative estimate of drug-likeness (QED) is 0.160. The van der Waals surface area contributed by atoms with Gasteiger partial charge in [-0.05, 0) is 0 Å². The van der Waals surface area contributed by atoms with E-state index in [4.69, 9.17) is 0 Å². The Hall–Kier alpha value is -2.03. The summed E-state index contributed by atoms with van der Waals surface area (Å²) < 4.78 is 0. The van der Waals surface area contributed by atoms with Crippen molar-refractivity contribution in [3.63, 3.8) is 0 Å². The summed E-state index contributed by atoms with van der Waals surface area (Å²) in [6.45, 7) is 34.1. The first-order chi connectivity index (χ1) is 21.5. The van der Waals surface area contributed by atoms with Gasteiger partial charge in [-0.15, -0.1) is 0 Å². The van der Waals surface area contributed by atoms with Crippen LogP contribution in [0.25, 0.3) is 22.3 Å². The van der Waals surface area contributed by atoms with Gasteiger partial charge in [0.2, 0.25) is 0 Å². The molecule has 0 bridgehead atoms. The van der Waals surface area contributed by atoms with Crippen LogP contribution in [0.4, 0.5) is 0 Å². The molecule has 0 aliphatic heterocycles. The summed E-state index contributed by atoms with van der Waals surface area (Å²) in [6, 6.07) is 17.6. The number of rotatable bonds is 13. The van der Waals surface area contributed by atoms with Crippen LogP contribution < -0.4 is 5.30 Å². The topological polar surface area (TPSA) is 60.7 Å².